The van der Waals surface area contributed by atoms with Gasteiger partial charge in [0.15, 0.2) is 30.8 Å². The number of fused-ring (bicyclic) bond motifs is 7. The van der Waals surface area contributed by atoms with Gasteiger partial charge in [0.05, 0.1) is 38.6 Å². The van der Waals surface area contributed by atoms with E-state index in [4.69, 9.17) is 33.2 Å². The summed E-state index contributed by atoms with van der Waals surface area (Å²) in [7, 11) is 1.07. The normalized spacial score (nSPS) is 54.6. The Balaban J connectivity index is 1.10. The van der Waals surface area contributed by atoms with Crippen molar-refractivity contribution < 1.29 is 93.8 Å². The van der Waals surface area contributed by atoms with E-state index in [2.05, 4.69) is 41.5 Å². The minimum absolute atomic E-state index is 0.0500. The van der Waals surface area contributed by atoms with Gasteiger partial charge in [-0.3, -0.25) is 4.79 Å². The first-order valence-corrected chi connectivity index (χ1v) is 24.6. The van der Waals surface area contributed by atoms with Crippen molar-refractivity contribution in [3.05, 3.63) is 11.6 Å². The second kappa shape index (κ2) is 18.3. The number of carbonyl (C=O) groups is 2. The molecule has 0 bridgehead atoms. The van der Waals surface area contributed by atoms with Crippen molar-refractivity contribution in [3.63, 3.8) is 0 Å². The molecule has 3 aliphatic heterocycles. The highest BCUT2D eigenvalue weighted by molar-refractivity contribution is 5.95. The lowest BCUT2D eigenvalue weighted by Gasteiger charge is -2.71. The van der Waals surface area contributed by atoms with Crippen LogP contribution in [0.1, 0.15) is 107 Å². The smallest absolute Gasteiger partial charge is 0.337 e. The van der Waals surface area contributed by atoms with Gasteiger partial charge < -0.3 is 84.2 Å². The molecule has 0 amide bonds. The van der Waals surface area contributed by atoms with Crippen molar-refractivity contribution in [1.29, 1.82) is 0 Å². The third kappa shape index (κ3) is 8.00. The summed E-state index contributed by atoms with van der Waals surface area (Å²) in [5, 5.41) is 110. The molecule has 0 radical (unpaired) electrons. The lowest BCUT2D eigenvalue weighted by molar-refractivity contribution is -0.396. The number of aliphatic hydroxyl groups excluding tert-OH is 10. The molecular formula is C49H78O19. The standard InChI is InChI=1S/C49H78O19/c1-21-29(54)31(56)35(60)41(63-21)67-37-32(57)30(55)25(19-50)64-42(37)68-38-34(59)33(58)36(40(61)62-9)66-43(38)65-28-11-12-46(5)26(47(28,6)20-51)10-13-49(8)39(46)24(52)16-22-23-17-44(2,3)18-27(53)45(23,4)14-15-48(22,49)7/h16,21,23,25-39,41-43,50-51,53-60H,10-15,17-20H2,1-9H3/t21-,23-,25+,26+,27+,28-,29-,30-,31+,32-,33-,34-,35+,36-,37+,38+,39+,41-,42-,43+,45+,46-,47+,48+,49+/m0/s1. The minimum Gasteiger partial charge on any atom is -0.467 e. The van der Waals surface area contributed by atoms with Crippen molar-refractivity contribution >= 4 is 11.8 Å². The molecule has 0 aromatic carbocycles. The van der Waals surface area contributed by atoms with Crippen LogP contribution in [0.15, 0.2) is 11.6 Å². The van der Waals surface area contributed by atoms with Crippen LogP contribution in [0, 0.1) is 50.2 Å². The van der Waals surface area contributed by atoms with Crippen LogP contribution in [0.2, 0.25) is 0 Å². The summed E-state index contributed by atoms with van der Waals surface area (Å²) < 4.78 is 41.4. The van der Waals surface area contributed by atoms with Crippen LogP contribution in [-0.4, -0.2) is 187 Å². The molecule has 0 spiro atoms. The Morgan fingerprint density at radius 2 is 1.32 bits per heavy atom. The number of rotatable bonds is 9. The van der Waals surface area contributed by atoms with Crippen LogP contribution < -0.4 is 0 Å². The van der Waals surface area contributed by atoms with Crippen LogP contribution in [0.25, 0.3) is 0 Å². The molecule has 3 saturated heterocycles. The second-order valence-electron chi connectivity index (χ2n) is 23.8. The molecule has 19 heteroatoms. The van der Waals surface area contributed by atoms with Gasteiger partial charge in [-0.1, -0.05) is 54.0 Å². The summed E-state index contributed by atoms with van der Waals surface area (Å²) >= 11 is 0. The van der Waals surface area contributed by atoms with Gasteiger partial charge in [-0.2, -0.15) is 0 Å². The zero-order chi connectivity index (χ0) is 50.0. The van der Waals surface area contributed by atoms with Gasteiger partial charge >= 0.3 is 5.97 Å². The van der Waals surface area contributed by atoms with Crippen molar-refractivity contribution in [2.45, 2.75) is 211 Å². The van der Waals surface area contributed by atoms with Crippen molar-refractivity contribution in [2.24, 2.45) is 50.2 Å². The average Bonchev–Trinajstić information content (AvgIpc) is 3.28. The highest BCUT2D eigenvalue weighted by atomic mass is 16.8. The van der Waals surface area contributed by atoms with E-state index in [0.29, 0.717) is 25.7 Å². The lowest BCUT2D eigenvalue weighted by atomic mass is 9.33. The quantitative estimate of drug-likeness (QED) is 0.107. The van der Waals surface area contributed by atoms with E-state index in [-0.39, 0.29) is 40.3 Å². The molecule has 19 nitrogen and oxygen atoms in total. The van der Waals surface area contributed by atoms with Gasteiger partial charge in [0.25, 0.3) is 0 Å². The van der Waals surface area contributed by atoms with Crippen molar-refractivity contribution in [1.82, 2.24) is 0 Å². The fourth-order valence-electron chi connectivity index (χ4n) is 15.0. The molecule has 10 N–H and O–H groups in total. The maximum Gasteiger partial charge on any atom is 0.337 e. The van der Waals surface area contributed by atoms with E-state index in [1.165, 1.54) is 6.92 Å². The maximum atomic E-state index is 15.1. The monoisotopic (exact) mass is 971 g/mol. The van der Waals surface area contributed by atoms with Crippen molar-refractivity contribution in [2.75, 3.05) is 20.3 Å². The maximum absolute atomic E-state index is 15.1. The van der Waals surface area contributed by atoms with E-state index in [9.17, 15) is 55.9 Å². The first-order chi connectivity index (χ1) is 31.7. The summed E-state index contributed by atoms with van der Waals surface area (Å²) in [5.41, 5.74) is -1.76. The van der Waals surface area contributed by atoms with Gasteiger partial charge in [-0.25, -0.2) is 4.79 Å². The van der Waals surface area contributed by atoms with Crippen molar-refractivity contribution in [3.8, 4) is 0 Å². The summed E-state index contributed by atoms with van der Waals surface area (Å²) in [6.07, 6.45) is -20.2. The number of allylic oxidation sites excluding steroid dienone is 2. The molecule has 68 heavy (non-hydrogen) atoms. The number of esters is 1. The van der Waals surface area contributed by atoms with E-state index in [1.54, 1.807) is 0 Å². The Morgan fingerprint density at radius 3 is 1.96 bits per heavy atom. The van der Waals surface area contributed by atoms with E-state index >= 15 is 4.79 Å². The Morgan fingerprint density at radius 1 is 0.691 bits per heavy atom. The largest absolute Gasteiger partial charge is 0.467 e. The molecule has 8 aliphatic rings. The number of carbonyl (C=O) groups excluding carboxylic acids is 2. The SMILES string of the molecule is COC(=O)[C@H]1O[C@@H](O[C@H]2CC[C@@]3(C)[C@@H](CC[C@]4(C)[C@@H]3C(=O)C=C3[C@@H]5CC(C)(C)C[C@@H](O)[C@]5(C)CC[C@]34C)[C@@]2(C)CO)[C@H](O[C@@H]2O[C@H](CO)[C@H](O)[C@H](O)[C@H]2O[C@@H]2O[C@@H](C)[C@H](O)[C@@H](O)[C@H]2O)[C@@H](O)[C@@H]1O. The first kappa shape index (κ1) is 52.6. The van der Waals surface area contributed by atoms with Gasteiger partial charge in [0.1, 0.15) is 61.0 Å². The van der Waals surface area contributed by atoms with Gasteiger partial charge in [0, 0.05) is 16.7 Å². The molecule has 0 aromatic rings. The highest BCUT2D eigenvalue weighted by Crippen LogP contribution is 2.75. The Hall–Kier alpha value is -1.76. The molecule has 8 rings (SSSR count). The number of ether oxygens (including phenoxy) is 7. The van der Waals surface area contributed by atoms with E-state index in [1.807, 2.05) is 13.0 Å². The fourth-order valence-corrected chi connectivity index (χ4v) is 15.0. The van der Waals surface area contributed by atoms with Gasteiger partial charge in [-0.05, 0) is 97.9 Å². The summed E-state index contributed by atoms with van der Waals surface area (Å²) in [5.74, 6) is -1.65. The minimum atomic E-state index is -1.99. The summed E-state index contributed by atoms with van der Waals surface area (Å²) in [6.45, 7) is 15.4. The summed E-state index contributed by atoms with van der Waals surface area (Å²) in [6, 6.07) is 0. The number of hydrogen-bond donors (Lipinski definition) is 10. The highest BCUT2D eigenvalue weighted by Gasteiger charge is 2.72. The molecule has 0 unspecified atom stereocenters. The molecule has 0 aromatic heterocycles. The third-order valence-electron chi connectivity index (χ3n) is 19.4. The van der Waals surface area contributed by atoms with E-state index < -0.39 is 146 Å². The van der Waals surface area contributed by atoms with Gasteiger partial charge in [-0.15, -0.1) is 0 Å². The molecule has 3 heterocycles. The van der Waals surface area contributed by atoms with Crippen LogP contribution in [0.4, 0.5) is 0 Å². The zero-order valence-electron chi connectivity index (χ0n) is 40.8. The molecule has 388 valence electrons. The van der Waals surface area contributed by atoms with E-state index in [0.717, 1.165) is 31.9 Å². The Labute approximate surface area is 398 Å². The number of hydrogen-bond acceptors (Lipinski definition) is 19. The first-order valence-electron chi connectivity index (χ1n) is 24.6. The summed E-state index contributed by atoms with van der Waals surface area (Å²) in [4.78, 5) is 28.1. The third-order valence-corrected chi connectivity index (χ3v) is 19.4. The topological polar surface area (TPSA) is 301 Å². The molecule has 4 saturated carbocycles. The van der Waals surface area contributed by atoms with Crippen LogP contribution >= 0.6 is 0 Å². The predicted molar refractivity (Wildman–Crippen MR) is 235 cm³/mol. The number of aliphatic hydroxyl groups is 10. The Bertz CT molecular complexity index is 1920. The van der Waals surface area contributed by atoms with Crippen LogP contribution in [0.5, 0.6) is 0 Å². The lowest BCUT2D eigenvalue weighted by Crippen LogP contribution is -2.69. The molecular weight excluding hydrogens is 893 g/mol. The molecule has 25 atom stereocenters. The Kier molecular flexibility index (Phi) is 14.2. The van der Waals surface area contributed by atoms with Gasteiger partial charge in [0.2, 0.25) is 0 Å². The van der Waals surface area contributed by atoms with Crippen LogP contribution in [0.3, 0.4) is 0 Å². The van der Waals surface area contributed by atoms with Crippen LogP contribution in [-0.2, 0) is 42.7 Å². The average molecular weight is 971 g/mol. The fraction of sp³-hybridized carbons (Fsp3) is 0.918. The number of methoxy groups -OCH3 is 1. The molecule has 5 aliphatic carbocycles. The predicted octanol–water partition coefficient (Wildman–Crippen LogP) is -0.0280. The zero-order valence-corrected chi connectivity index (χ0v) is 40.8. The second-order valence-corrected chi connectivity index (χ2v) is 23.8. The number of ketones is 1. The molecule has 7 fully saturated rings.